The maximum absolute atomic E-state index is 12.6. The van der Waals surface area contributed by atoms with Crippen LogP contribution in [0.1, 0.15) is 12.7 Å². The van der Waals surface area contributed by atoms with Gasteiger partial charge in [0.2, 0.25) is 0 Å². The quantitative estimate of drug-likeness (QED) is 0.873. The van der Waals surface area contributed by atoms with E-state index in [-0.39, 0.29) is 6.54 Å². The van der Waals surface area contributed by atoms with Gasteiger partial charge in [-0.1, -0.05) is 0 Å². The molecule has 1 aromatic rings. The van der Waals surface area contributed by atoms with Crippen LogP contribution in [-0.4, -0.2) is 13.2 Å². The lowest BCUT2D eigenvalue weighted by Gasteiger charge is -2.20. The molecule has 2 nitrogen and oxygen atoms in total. The number of hydrogen-bond acceptors (Lipinski definition) is 2. The number of hydrogen-bond donors (Lipinski definition) is 1. The highest BCUT2D eigenvalue weighted by molar-refractivity contribution is 9.10. The summed E-state index contributed by atoms with van der Waals surface area (Å²) < 4.78 is 18.4. The molecule has 2 N–H and O–H groups in total. The number of nitrogens with two attached hydrogens (primary N) is 1. The largest absolute Gasteiger partial charge is 0.454 e. The van der Waals surface area contributed by atoms with E-state index in [1.165, 1.54) is 0 Å². The van der Waals surface area contributed by atoms with Crippen LogP contribution in [0.2, 0.25) is 0 Å². The molecule has 1 rings (SSSR count). The molecule has 0 aliphatic carbocycles. The number of furan rings is 1. The third kappa shape index (κ3) is 1.69. The third-order valence-corrected chi connectivity index (χ3v) is 2.34. The lowest BCUT2D eigenvalue weighted by atomic mass is 9.90. The SMILES string of the molecule is CC(CN)(CF)c1ccc(Br)o1. The molecule has 0 fully saturated rings. The Hall–Kier alpha value is -0.350. The smallest absolute Gasteiger partial charge is 0.169 e. The van der Waals surface area contributed by atoms with Crippen molar-refractivity contribution in [2.45, 2.75) is 12.3 Å². The molecule has 1 aromatic heterocycles. The maximum atomic E-state index is 12.6. The molecule has 68 valence electrons. The summed E-state index contributed by atoms with van der Waals surface area (Å²) in [4.78, 5) is 0. The van der Waals surface area contributed by atoms with Gasteiger partial charge in [-0.2, -0.15) is 0 Å². The van der Waals surface area contributed by atoms with Crippen molar-refractivity contribution in [1.29, 1.82) is 0 Å². The van der Waals surface area contributed by atoms with Crippen molar-refractivity contribution >= 4 is 15.9 Å². The van der Waals surface area contributed by atoms with Gasteiger partial charge in [0, 0.05) is 6.54 Å². The lowest BCUT2D eigenvalue weighted by Crippen LogP contribution is -2.33. The molecule has 0 amide bonds. The zero-order chi connectivity index (χ0) is 9.19. The van der Waals surface area contributed by atoms with Crippen LogP contribution >= 0.6 is 15.9 Å². The van der Waals surface area contributed by atoms with Crippen molar-refractivity contribution in [3.63, 3.8) is 0 Å². The zero-order valence-corrected chi connectivity index (χ0v) is 8.40. The highest BCUT2D eigenvalue weighted by Gasteiger charge is 2.28. The summed E-state index contributed by atoms with van der Waals surface area (Å²) in [5, 5.41) is 0. The van der Waals surface area contributed by atoms with E-state index in [0.29, 0.717) is 10.4 Å². The summed E-state index contributed by atoms with van der Waals surface area (Å²) in [6.07, 6.45) is 0. The maximum Gasteiger partial charge on any atom is 0.169 e. The van der Waals surface area contributed by atoms with E-state index in [1.54, 1.807) is 19.1 Å². The Morgan fingerprint density at radius 2 is 2.33 bits per heavy atom. The van der Waals surface area contributed by atoms with Gasteiger partial charge in [-0.05, 0) is 35.0 Å². The molecule has 0 saturated carbocycles. The Morgan fingerprint density at radius 3 is 2.67 bits per heavy atom. The Labute approximate surface area is 79.1 Å². The molecule has 0 aromatic carbocycles. The average molecular weight is 236 g/mol. The normalized spacial score (nSPS) is 16.0. The monoisotopic (exact) mass is 235 g/mol. The van der Waals surface area contributed by atoms with Crippen molar-refractivity contribution < 1.29 is 8.81 Å². The first kappa shape index (κ1) is 9.74. The van der Waals surface area contributed by atoms with E-state index in [1.807, 2.05) is 0 Å². The Kier molecular flexibility index (Phi) is 2.90. The van der Waals surface area contributed by atoms with Crippen LogP contribution in [0.4, 0.5) is 4.39 Å². The highest BCUT2D eigenvalue weighted by atomic mass is 79.9. The molecular weight excluding hydrogens is 225 g/mol. The van der Waals surface area contributed by atoms with Crippen LogP contribution in [0, 0.1) is 0 Å². The van der Waals surface area contributed by atoms with Gasteiger partial charge >= 0.3 is 0 Å². The van der Waals surface area contributed by atoms with Crippen LogP contribution < -0.4 is 5.73 Å². The van der Waals surface area contributed by atoms with E-state index in [2.05, 4.69) is 15.9 Å². The van der Waals surface area contributed by atoms with Gasteiger partial charge in [0.05, 0.1) is 5.41 Å². The lowest BCUT2D eigenvalue weighted by molar-refractivity contribution is 0.280. The molecule has 0 aliphatic heterocycles. The van der Waals surface area contributed by atoms with E-state index in [9.17, 15) is 4.39 Å². The molecule has 0 aliphatic rings. The van der Waals surface area contributed by atoms with Crippen molar-refractivity contribution in [2.24, 2.45) is 5.73 Å². The van der Waals surface area contributed by atoms with Gasteiger partial charge in [-0.3, -0.25) is 0 Å². The average Bonchev–Trinajstić information content (AvgIpc) is 2.51. The van der Waals surface area contributed by atoms with E-state index >= 15 is 0 Å². The molecular formula is C8H11BrFNO. The molecule has 1 unspecified atom stereocenters. The molecule has 1 atom stereocenters. The standard InChI is InChI=1S/C8H11BrFNO/c1-8(4-10,5-11)6-2-3-7(9)12-6/h2-3H,4-5,11H2,1H3. The Bertz CT molecular complexity index is 257. The first-order chi connectivity index (χ1) is 5.62. The third-order valence-electron chi connectivity index (χ3n) is 1.91. The molecule has 0 radical (unpaired) electrons. The second-order valence-corrected chi connectivity index (χ2v) is 3.78. The first-order valence-electron chi connectivity index (χ1n) is 3.64. The molecule has 0 saturated heterocycles. The molecule has 0 bridgehead atoms. The summed E-state index contributed by atoms with van der Waals surface area (Å²) in [5.41, 5.74) is 4.76. The van der Waals surface area contributed by atoms with Crippen molar-refractivity contribution in [3.05, 3.63) is 22.6 Å². The predicted octanol–water partition coefficient (Wildman–Crippen LogP) is 2.23. The topological polar surface area (TPSA) is 39.2 Å². The van der Waals surface area contributed by atoms with E-state index < -0.39 is 12.1 Å². The number of halogens is 2. The van der Waals surface area contributed by atoms with Crippen LogP contribution in [0.25, 0.3) is 0 Å². The molecule has 12 heavy (non-hydrogen) atoms. The van der Waals surface area contributed by atoms with E-state index in [4.69, 9.17) is 10.2 Å². The van der Waals surface area contributed by atoms with Gasteiger partial charge in [-0.15, -0.1) is 0 Å². The molecule has 0 spiro atoms. The van der Waals surface area contributed by atoms with Crippen LogP contribution in [0.3, 0.4) is 0 Å². The Balaban J connectivity index is 2.94. The predicted molar refractivity (Wildman–Crippen MR) is 48.8 cm³/mol. The second-order valence-electron chi connectivity index (χ2n) is 3.00. The summed E-state index contributed by atoms with van der Waals surface area (Å²) in [6, 6.07) is 3.47. The minimum absolute atomic E-state index is 0.240. The van der Waals surface area contributed by atoms with Crippen molar-refractivity contribution in [2.75, 3.05) is 13.2 Å². The summed E-state index contributed by atoms with van der Waals surface area (Å²) in [5.74, 6) is 0.583. The van der Waals surface area contributed by atoms with Gasteiger partial charge in [0.15, 0.2) is 4.67 Å². The van der Waals surface area contributed by atoms with Crippen LogP contribution in [0.15, 0.2) is 21.2 Å². The number of alkyl halides is 1. The van der Waals surface area contributed by atoms with Gasteiger partial charge in [-0.25, -0.2) is 4.39 Å². The minimum atomic E-state index is -0.688. The van der Waals surface area contributed by atoms with Crippen molar-refractivity contribution in [3.8, 4) is 0 Å². The van der Waals surface area contributed by atoms with E-state index in [0.717, 1.165) is 0 Å². The highest BCUT2D eigenvalue weighted by Crippen LogP contribution is 2.27. The summed E-state index contributed by atoms with van der Waals surface area (Å²) in [6.45, 7) is 1.46. The van der Waals surface area contributed by atoms with Crippen LogP contribution in [0.5, 0.6) is 0 Å². The first-order valence-corrected chi connectivity index (χ1v) is 4.43. The Morgan fingerprint density at radius 1 is 1.67 bits per heavy atom. The molecule has 4 heteroatoms. The fourth-order valence-electron chi connectivity index (χ4n) is 0.860. The summed E-state index contributed by atoms with van der Waals surface area (Å²) >= 11 is 3.15. The fourth-order valence-corrected chi connectivity index (χ4v) is 1.17. The minimum Gasteiger partial charge on any atom is -0.454 e. The van der Waals surface area contributed by atoms with Gasteiger partial charge < -0.3 is 10.2 Å². The van der Waals surface area contributed by atoms with Gasteiger partial charge in [0.1, 0.15) is 12.4 Å². The second kappa shape index (κ2) is 3.58. The molecule has 1 heterocycles. The number of rotatable bonds is 3. The fraction of sp³-hybridized carbons (Fsp3) is 0.500. The van der Waals surface area contributed by atoms with Gasteiger partial charge in [0.25, 0.3) is 0 Å². The van der Waals surface area contributed by atoms with Crippen molar-refractivity contribution in [1.82, 2.24) is 0 Å². The zero-order valence-electron chi connectivity index (χ0n) is 6.81. The van der Waals surface area contributed by atoms with Crippen LogP contribution in [-0.2, 0) is 5.41 Å². The summed E-state index contributed by atoms with van der Waals surface area (Å²) in [7, 11) is 0.